The number of nitrogens with two attached hydrogens (primary N) is 1. The van der Waals surface area contributed by atoms with Crippen molar-refractivity contribution in [3.8, 4) is 0 Å². The Morgan fingerprint density at radius 1 is 1.62 bits per heavy atom. The van der Waals surface area contributed by atoms with E-state index in [0.29, 0.717) is 23.1 Å². The number of aromatic nitrogens is 1. The number of carbonyl (C=O) groups excluding carboxylic acids is 1. The molecule has 0 saturated carbocycles. The molecule has 0 spiro atoms. The number of halogens is 1. The highest BCUT2D eigenvalue weighted by Gasteiger charge is 1.97. The highest BCUT2D eigenvalue weighted by atomic mass is 35.5. The molecule has 16 heavy (non-hydrogen) atoms. The van der Waals surface area contributed by atoms with Gasteiger partial charge in [0.2, 0.25) is 5.91 Å². The van der Waals surface area contributed by atoms with Crippen molar-refractivity contribution < 1.29 is 4.79 Å². The number of hydrogen-bond acceptors (Lipinski definition) is 3. The van der Waals surface area contributed by atoms with Crippen LogP contribution < -0.4 is 11.1 Å². The van der Waals surface area contributed by atoms with Crippen molar-refractivity contribution in [2.45, 2.75) is 13.3 Å². The van der Waals surface area contributed by atoms with Gasteiger partial charge >= 0.3 is 0 Å². The largest absolute Gasteiger partial charge is 0.397 e. The first-order chi connectivity index (χ1) is 7.59. The number of nitrogen functional groups attached to an aromatic ring is 1. The minimum absolute atomic E-state index is 0.0335. The van der Waals surface area contributed by atoms with Crippen molar-refractivity contribution in [3.05, 3.63) is 29.1 Å². The minimum atomic E-state index is -0.0335. The molecule has 0 saturated heterocycles. The van der Waals surface area contributed by atoms with Gasteiger partial charge in [-0.1, -0.05) is 17.7 Å². The predicted molar refractivity (Wildman–Crippen MR) is 66.0 cm³/mol. The molecule has 1 amide bonds. The smallest absolute Gasteiger partial charge is 0.216 e. The van der Waals surface area contributed by atoms with Crippen LogP contribution in [0.15, 0.2) is 18.2 Å². The van der Waals surface area contributed by atoms with Crippen LogP contribution in [0, 0.1) is 0 Å². The van der Waals surface area contributed by atoms with Crippen LogP contribution in [0.25, 0.3) is 6.08 Å². The summed E-state index contributed by atoms with van der Waals surface area (Å²) in [6.07, 6.45) is 4.42. The highest BCUT2D eigenvalue weighted by molar-refractivity contribution is 6.29. The third-order valence-electron chi connectivity index (χ3n) is 1.88. The van der Waals surface area contributed by atoms with E-state index in [0.717, 1.165) is 6.42 Å². The molecular formula is C11H14ClN3O. The number of nitrogens with one attached hydrogen (secondary N) is 1. The second-order valence-electron chi connectivity index (χ2n) is 3.28. The Morgan fingerprint density at radius 3 is 3.06 bits per heavy atom. The van der Waals surface area contributed by atoms with Gasteiger partial charge < -0.3 is 11.1 Å². The van der Waals surface area contributed by atoms with Crippen molar-refractivity contribution in [2.75, 3.05) is 12.3 Å². The molecule has 0 aliphatic heterocycles. The molecule has 1 aromatic heterocycles. The van der Waals surface area contributed by atoms with Crippen molar-refractivity contribution in [1.29, 1.82) is 0 Å². The molecule has 1 rings (SSSR count). The number of carbonyl (C=O) groups is 1. The number of amides is 1. The third-order valence-corrected chi connectivity index (χ3v) is 2.09. The van der Waals surface area contributed by atoms with Gasteiger partial charge in [-0.3, -0.25) is 4.79 Å². The van der Waals surface area contributed by atoms with Crippen LogP contribution in [0.1, 0.15) is 19.0 Å². The van der Waals surface area contributed by atoms with Crippen molar-refractivity contribution in [2.24, 2.45) is 0 Å². The Morgan fingerprint density at radius 2 is 2.38 bits per heavy atom. The van der Waals surface area contributed by atoms with Gasteiger partial charge in [-0.15, -0.1) is 0 Å². The Kier molecular flexibility index (Phi) is 4.79. The second kappa shape index (κ2) is 6.12. The number of anilines is 1. The molecule has 86 valence electrons. The first-order valence-electron chi connectivity index (χ1n) is 4.92. The summed E-state index contributed by atoms with van der Waals surface area (Å²) in [6.45, 7) is 2.09. The second-order valence-corrected chi connectivity index (χ2v) is 3.67. The fourth-order valence-corrected chi connectivity index (χ4v) is 1.27. The maximum atomic E-state index is 10.6. The molecule has 0 aliphatic carbocycles. The molecule has 0 aliphatic rings. The van der Waals surface area contributed by atoms with Gasteiger partial charge in [0, 0.05) is 13.5 Å². The van der Waals surface area contributed by atoms with Gasteiger partial charge in [0.25, 0.3) is 0 Å². The molecule has 0 fully saturated rings. The van der Waals surface area contributed by atoms with Gasteiger partial charge in [-0.25, -0.2) is 4.98 Å². The van der Waals surface area contributed by atoms with Crippen LogP contribution in [0.5, 0.6) is 0 Å². The Labute approximate surface area is 99.5 Å². The fraction of sp³-hybridized carbons (Fsp3) is 0.273. The Balaban J connectivity index is 2.49. The normalized spacial score (nSPS) is 10.6. The van der Waals surface area contributed by atoms with Gasteiger partial charge in [-0.05, 0) is 24.6 Å². The Bertz CT molecular complexity index is 404. The van der Waals surface area contributed by atoms with E-state index in [1.807, 2.05) is 6.08 Å². The highest BCUT2D eigenvalue weighted by Crippen LogP contribution is 2.14. The number of rotatable bonds is 4. The first-order valence-corrected chi connectivity index (χ1v) is 5.30. The molecule has 0 atom stereocenters. The minimum Gasteiger partial charge on any atom is -0.397 e. The van der Waals surface area contributed by atoms with E-state index in [1.54, 1.807) is 18.2 Å². The lowest BCUT2D eigenvalue weighted by molar-refractivity contribution is -0.118. The Hall–Kier alpha value is -1.55. The van der Waals surface area contributed by atoms with Gasteiger partial charge in [0.05, 0.1) is 11.4 Å². The molecule has 1 heterocycles. The molecule has 3 N–H and O–H groups in total. The van der Waals surface area contributed by atoms with Gasteiger partial charge in [0.1, 0.15) is 5.15 Å². The SMILES string of the molecule is CC(=O)NCCC=Cc1nc(Cl)ccc1N. The maximum absolute atomic E-state index is 10.6. The maximum Gasteiger partial charge on any atom is 0.216 e. The summed E-state index contributed by atoms with van der Waals surface area (Å²) in [4.78, 5) is 14.7. The lowest BCUT2D eigenvalue weighted by Crippen LogP contribution is -2.20. The van der Waals surface area contributed by atoms with Crippen LogP contribution in [0.2, 0.25) is 5.15 Å². The molecule has 5 heteroatoms. The molecule has 0 aromatic carbocycles. The summed E-state index contributed by atoms with van der Waals surface area (Å²) in [5.74, 6) is -0.0335. The molecule has 0 unspecified atom stereocenters. The van der Waals surface area contributed by atoms with Crippen molar-refractivity contribution in [3.63, 3.8) is 0 Å². The molecular weight excluding hydrogens is 226 g/mol. The van der Waals surface area contributed by atoms with Crippen LogP contribution in [0.4, 0.5) is 5.69 Å². The monoisotopic (exact) mass is 239 g/mol. The fourth-order valence-electron chi connectivity index (χ4n) is 1.12. The van der Waals surface area contributed by atoms with Crippen LogP contribution in [0.3, 0.4) is 0 Å². The zero-order valence-corrected chi connectivity index (χ0v) is 9.79. The summed E-state index contributed by atoms with van der Waals surface area (Å²) in [5.41, 5.74) is 6.94. The average molecular weight is 240 g/mol. The molecule has 0 bridgehead atoms. The lowest BCUT2D eigenvalue weighted by Gasteiger charge is -2.00. The van der Waals surface area contributed by atoms with E-state index in [2.05, 4.69) is 10.3 Å². The molecule has 1 aromatic rings. The van der Waals surface area contributed by atoms with E-state index in [4.69, 9.17) is 17.3 Å². The molecule has 0 radical (unpaired) electrons. The lowest BCUT2D eigenvalue weighted by atomic mass is 10.2. The predicted octanol–water partition coefficient (Wildman–Crippen LogP) is 1.86. The van der Waals surface area contributed by atoms with E-state index in [9.17, 15) is 4.79 Å². The molecule has 4 nitrogen and oxygen atoms in total. The summed E-state index contributed by atoms with van der Waals surface area (Å²) >= 11 is 5.74. The van der Waals surface area contributed by atoms with E-state index < -0.39 is 0 Å². The van der Waals surface area contributed by atoms with E-state index in [-0.39, 0.29) is 5.91 Å². The van der Waals surface area contributed by atoms with Gasteiger partial charge in [0.15, 0.2) is 0 Å². The number of pyridine rings is 1. The third kappa shape index (κ3) is 4.31. The standard InChI is InChI=1S/C11H14ClN3O/c1-8(16)14-7-3-2-4-10-9(13)5-6-11(12)15-10/h2,4-6H,3,7,13H2,1H3,(H,14,16). The quantitative estimate of drug-likeness (QED) is 0.623. The topological polar surface area (TPSA) is 68.0 Å². The number of nitrogens with zero attached hydrogens (tertiary/aromatic N) is 1. The zero-order valence-electron chi connectivity index (χ0n) is 9.03. The van der Waals surface area contributed by atoms with Crippen molar-refractivity contribution in [1.82, 2.24) is 10.3 Å². The van der Waals surface area contributed by atoms with E-state index >= 15 is 0 Å². The summed E-state index contributed by atoms with van der Waals surface area (Å²) in [5, 5.41) is 3.10. The number of hydrogen-bond donors (Lipinski definition) is 2. The van der Waals surface area contributed by atoms with Gasteiger partial charge in [-0.2, -0.15) is 0 Å². The summed E-state index contributed by atoms with van der Waals surface area (Å²) < 4.78 is 0. The summed E-state index contributed by atoms with van der Waals surface area (Å²) in [6, 6.07) is 3.36. The average Bonchev–Trinajstić information content (AvgIpc) is 2.22. The summed E-state index contributed by atoms with van der Waals surface area (Å²) in [7, 11) is 0. The first kappa shape index (κ1) is 12.5. The van der Waals surface area contributed by atoms with Crippen LogP contribution in [-0.4, -0.2) is 17.4 Å². The zero-order chi connectivity index (χ0) is 12.0. The van der Waals surface area contributed by atoms with Crippen LogP contribution >= 0.6 is 11.6 Å². The van der Waals surface area contributed by atoms with E-state index in [1.165, 1.54) is 6.92 Å². The van der Waals surface area contributed by atoms with Crippen LogP contribution in [-0.2, 0) is 4.79 Å². The van der Waals surface area contributed by atoms with Crippen molar-refractivity contribution >= 4 is 29.3 Å².